The van der Waals surface area contributed by atoms with Crippen molar-refractivity contribution in [2.75, 3.05) is 20.2 Å². The molecule has 0 unspecified atom stereocenters. The molecule has 1 saturated heterocycles. The molecule has 1 aromatic heterocycles. The highest BCUT2D eigenvalue weighted by atomic mass is 16.6. The van der Waals surface area contributed by atoms with Gasteiger partial charge in [-0.3, -0.25) is 4.98 Å². The lowest BCUT2D eigenvalue weighted by atomic mass is 10.1. The average Bonchev–Trinajstić information content (AvgIpc) is 2.45. The summed E-state index contributed by atoms with van der Waals surface area (Å²) in [6, 6.07) is 0. The van der Waals surface area contributed by atoms with E-state index in [1.165, 1.54) is 0 Å². The van der Waals surface area contributed by atoms with Crippen LogP contribution in [0.1, 0.15) is 30.7 Å². The predicted octanol–water partition coefficient (Wildman–Crippen LogP) is 2.45. The number of nitrogens with zero attached hydrogens (tertiary/aromatic N) is 2. The molecule has 1 fully saturated rings. The van der Waals surface area contributed by atoms with Gasteiger partial charge in [-0.2, -0.15) is 0 Å². The average molecular weight is 308 g/mol. The summed E-state index contributed by atoms with van der Waals surface area (Å²) in [5.41, 5.74) is 2.58. The second kappa shape index (κ2) is 6.96. The molecule has 22 heavy (non-hydrogen) atoms. The molecule has 0 N–H and O–H groups in total. The van der Waals surface area contributed by atoms with Gasteiger partial charge in [-0.15, -0.1) is 0 Å². The Morgan fingerprint density at radius 2 is 2.00 bits per heavy atom. The summed E-state index contributed by atoms with van der Waals surface area (Å²) in [6.07, 6.45) is 1.45. The Labute approximate surface area is 131 Å². The highest BCUT2D eigenvalue weighted by Crippen LogP contribution is 2.24. The fourth-order valence-electron chi connectivity index (χ4n) is 2.76. The first-order chi connectivity index (χ1) is 10.4. The number of amides is 1. The SMILES string of the molecule is COc1c(C)cnc(COC(=O)N2C[C@@H](C)O[C@@H](C)C2)c1C. The number of pyridine rings is 1. The Balaban J connectivity index is 1.99. The van der Waals surface area contributed by atoms with Gasteiger partial charge in [0.05, 0.1) is 38.1 Å². The molecule has 1 amide bonds. The fraction of sp³-hybridized carbons (Fsp3) is 0.625. The normalized spacial score (nSPS) is 21.6. The first-order valence-corrected chi connectivity index (χ1v) is 7.48. The van der Waals surface area contributed by atoms with Gasteiger partial charge in [-0.25, -0.2) is 4.79 Å². The molecule has 0 radical (unpaired) electrons. The number of hydrogen-bond acceptors (Lipinski definition) is 5. The summed E-state index contributed by atoms with van der Waals surface area (Å²) >= 11 is 0. The van der Waals surface area contributed by atoms with E-state index in [2.05, 4.69) is 4.98 Å². The van der Waals surface area contributed by atoms with Crippen LogP contribution in [0.25, 0.3) is 0 Å². The van der Waals surface area contributed by atoms with Crippen molar-refractivity contribution in [1.29, 1.82) is 0 Å². The van der Waals surface area contributed by atoms with Gasteiger partial charge in [0, 0.05) is 17.3 Å². The first-order valence-electron chi connectivity index (χ1n) is 7.48. The maximum Gasteiger partial charge on any atom is 0.410 e. The van der Waals surface area contributed by atoms with E-state index in [1.807, 2.05) is 27.7 Å². The Morgan fingerprint density at radius 3 is 2.59 bits per heavy atom. The Hall–Kier alpha value is -1.82. The van der Waals surface area contributed by atoms with Crippen molar-refractivity contribution in [3.63, 3.8) is 0 Å². The van der Waals surface area contributed by atoms with Crippen LogP contribution in [0.5, 0.6) is 5.75 Å². The molecule has 2 atom stereocenters. The van der Waals surface area contributed by atoms with Gasteiger partial charge >= 0.3 is 6.09 Å². The van der Waals surface area contributed by atoms with E-state index in [-0.39, 0.29) is 24.9 Å². The van der Waals surface area contributed by atoms with E-state index in [0.717, 1.165) is 16.9 Å². The summed E-state index contributed by atoms with van der Waals surface area (Å²) < 4.78 is 16.4. The number of aromatic nitrogens is 1. The number of morpholine rings is 1. The van der Waals surface area contributed by atoms with Crippen molar-refractivity contribution in [3.05, 3.63) is 23.0 Å². The minimum atomic E-state index is -0.331. The zero-order valence-electron chi connectivity index (χ0n) is 13.9. The minimum Gasteiger partial charge on any atom is -0.496 e. The summed E-state index contributed by atoms with van der Waals surface area (Å²) in [5.74, 6) is 0.787. The van der Waals surface area contributed by atoms with E-state index < -0.39 is 0 Å². The van der Waals surface area contributed by atoms with Gasteiger partial charge in [0.15, 0.2) is 0 Å². The number of carbonyl (C=O) groups is 1. The molecule has 122 valence electrons. The van der Waals surface area contributed by atoms with Crippen LogP contribution in [-0.2, 0) is 16.1 Å². The minimum absolute atomic E-state index is 0.0237. The molecule has 0 aliphatic carbocycles. The first kappa shape index (κ1) is 16.5. The molecule has 2 rings (SSSR count). The second-order valence-corrected chi connectivity index (χ2v) is 5.76. The van der Waals surface area contributed by atoms with E-state index in [4.69, 9.17) is 14.2 Å². The molecule has 1 aliphatic heterocycles. The van der Waals surface area contributed by atoms with Gasteiger partial charge in [0.25, 0.3) is 0 Å². The third kappa shape index (κ3) is 3.68. The number of methoxy groups -OCH3 is 1. The quantitative estimate of drug-likeness (QED) is 0.858. The lowest BCUT2D eigenvalue weighted by Crippen LogP contribution is -2.48. The summed E-state index contributed by atoms with van der Waals surface area (Å²) in [4.78, 5) is 18.2. The van der Waals surface area contributed by atoms with Crippen molar-refractivity contribution in [2.45, 2.75) is 46.5 Å². The van der Waals surface area contributed by atoms with Crippen LogP contribution in [0.2, 0.25) is 0 Å². The van der Waals surface area contributed by atoms with Crippen LogP contribution in [-0.4, -0.2) is 48.4 Å². The standard InChI is InChI=1S/C16H24N2O4/c1-10-6-17-14(13(4)15(10)20-5)9-21-16(19)18-7-11(2)22-12(3)8-18/h6,11-12H,7-9H2,1-5H3/t11-,12+. The molecule has 6 heteroatoms. The highest BCUT2D eigenvalue weighted by molar-refractivity contribution is 5.67. The molecule has 6 nitrogen and oxygen atoms in total. The van der Waals surface area contributed by atoms with Gasteiger partial charge in [-0.05, 0) is 27.7 Å². The smallest absolute Gasteiger partial charge is 0.410 e. The van der Waals surface area contributed by atoms with Gasteiger partial charge in [0.2, 0.25) is 0 Å². The van der Waals surface area contributed by atoms with Crippen molar-refractivity contribution < 1.29 is 19.0 Å². The maximum absolute atomic E-state index is 12.2. The van der Waals surface area contributed by atoms with E-state index in [1.54, 1.807) is 18.2 Å². The maximum atomic E-state index is 12.2. The topological polar surface area (TPSA) is 60.9 Å². The molecule has 0 saturated carbocycles. The van der Waals surface area contributed by atoms with Crippen molar-refractivity contribution in [1.82, 2.24) is 9.88 Å². The van der Waals surface area contributed by atoms with Crippen molar-refractivity contribution >= 4 is 6.09 Å². The Bertz CT molecular complexity index is 537. The zero-order chi connectivity index (χ0) is 16.3. The third-order valence-corrected chi connectivity index (χ3v) is 3.76. The van der Waals surface area contributed by atoms with Crippen LogP contribution in [0.3, 0.4) is 0 Å². The predicted molar refractivity (Wildman–Crippen MR) is 82.0 cm³/mol. The number of hydrogen-bond donors (Lipinski definition) is 0. The molecule has 0 spiro atoms. The van der Waals surface area contributed by atoms with Gasteiger partial charge < -0.3 is 19.1 Å². The van der Waals surface area contributed by atoms with Crippen LogP contribution >= 0.6 is 0 Å². The second-order valence-electron chi connectivity index (χ2n) is 5.76. The molecule has 1 aliphatic rings. The molecule has 1 aromatic rings. The molecule has 2 heterocycles. The van der Waals surface area contributed by atoms with Crippen LogP contribution < -0.4 is 4.74 Å². The molecule has 0 aromatic carbocycles. The number of carbonyl (C=O) groups excluding carboxylic acids is 1. The monoisotopic (exact) mass is 308 g/mol. The highest BCUT2D eigenvalue weighted by Gasteiger charge is 2.27. The van der Waals surface area contributed by atoms with E-state index >= 15 is 0 Å². The van der Waals surface area contributed by atoms with E-state index in [0.29, 0.717) is 18.8 Å². The van der Waals surface area contributed by atoms with Gasteiger partial charge in [0.1, 0.15) is 12.4 Å². The Morgan fingerprint density at radius 1 is 1.36 bits per heavy atom. The lowest BCUT2D eigenvalue weighted by molar-refractivity contribution is -0.0645. The van der Waals surface area contributed by atoms with Crippen LogP contribution in [0.15, 0.2) is 6.20 Å². The number of rotatable bonds is 3. The number of ether oxygens (including phenoxy) is 3. The van der Waals surface area contributed by atoms with E-state index in [9.17, 15) is 4.79 Å². The van der Waals surface area contributed by atoms with Crippen LogP contribution in [0, 0.1) is 13.8 Å². The summed E-state index contributed by atoms with van der Waals surface area (Å²) in [7, 11) is 1.63. The van der Waals surface area contributed by atoms with Gasteiger partial charge in [-0.1, -0.05) is 0 Å². The number of aryl methyl sites for hydroxylation is 1. The lowest BCUT2D eigenvalue weighted by Gasteiger charge is -2.34. The van der Waals surface area contributed by atoms with Crippen molar-refractivity contribution in [3.8, 4) is 5.75 Å². The largest absolute Gasteiger partial charge is 0.496 e. The molecule has 0 bridgehead atoms. The fourth-order valence-corrected chi connectivity index (χ4v) is 2.76. The van der Waals surface area contributed by atoms with Crippen LogP contribution in [0.4, 0.5) is 4.79 Å². The summed E-state index contributed by atoms with van der Waals surface area (Å²) in [6.45, 7) is 8.99. The Kier molecular flexibility index (Phi) is 5.24. The van der Waals surface area contributed by atoms with Crippen molar-refractivity contribution in [2.24, 2.45) is 0 Å². The summed E-state index contributed by atoms with van der Waals surface area (Å²) in [5, 5.41) is 0. The third-order valence-electron chi connectivity index (χ3n) is 3.76. The zero-order valence-corrected chi connectivity index (χ0v) is 13.9. The molecular formula is C16H24N2O4. The molecular weight excluding hydrogens is 284 g/mol.